The van der Waals surface area contributed by atoms with E-state index in [1.807, 2.05) is 0 Å². The zero-order valence-electron chi connectivity index (χ0n) is 12.5. The highest BCUT2D eigenvalue weighted by Gasteiger charge is 2.18. The van der Waals surface area contributed by atoms with Crippen LogP contribution in [0.2, 0.25) is 0 Å². The van der Waals surface area contributed by atoms with Crippen molar-refractivity contribution in [3.63, 3.8) is 0 Å². The zero-order chi connectivity index (χ0) is 16.9. The van der Waals surface area contributed by atoms with E-state index in [2.05, 4.69) is 10.0 Å². The van der Waals surface area contributed by atoms with E-state index in [4.69, 9.17) is 0 Å². The van der Waals surface area contributed by atoms with Gasteiger partial charge in [0, 0.05) is 31.1 Å². The van der Waals surface area contributed by atoms with Crippen molar-refractivity contribution in [1.82, 2.24) is 10.0 Å². The molecule has 1 aliphatic carbocycles. The fourth-order valence-electron chi connectivity index (χ4n) is 2.50. The molecule has 1 aliphatic rings. The molecule has 1 fully saturated rings. The Morgan fingerprint density at radius 1 is 1.22 bits per heavy atom. The molecule has 0 heterocycles. The van der Waals surface area contributed by atoms with Crippen LogP contribution in [0.15, 0.2) is 29.2 Å². The first-order chi connectivity index (χ1) is 10.9. The second-order valence-electron chi connectivity index (χ2n) is 5.45. The van der Waals surface area contributed by atoms with Gasteiger partial charge in [-0.15, -0.1) is 0 Å². The Morgan fingerprint density at radius 3 is 2.39 bits per heavy atom. The van der Waals surface area contributed by atoms with E-state index in [-0.39, 0.29) is 35.5 Å². The maximum atomic E-state index is 12.0. The number of amides is 1. The summed E-state index contributed by atoms with van der Waals surface area (Å²) in [5.41, 5.74) is -0.181. The van der Waals surface area contributed by atoms with Crippen LogP contribution >= 0.6 is 0 Å². The molecule has 0 aliphatic heterocycles. The summed E-state index contributed by atoms with van der Waals surface area (Å²) in [5.74, 6) is -0.178. The molecule has 9 heteroatoms. The van der Waals surface area contributed by atoms with Crippen LogP contribution in [-0.4, -0.2) is 31.8 Å². The normalized spacial score (nSPS) is 15.5. The Bertz CT molecular complexity index is 666. The number of nitro groups is 1. The number of hydrogen-bond acceptors (Lipinski definition) is 5. The van der Waals surface area contributed by atoms with Crippen LogP contribution in [0.5, 0.6) is 0 Å². The number of benzene rings is 1. The Kier molecular flexibility index (Phi) is 5.67. The number of non-ortho nitro benzene ring substituents is 1. The van der Waals surface area contributed by atoms with Crippen LogP contribution in [0, 0.1) is 10.1 Å². The number of rotatable bonds is 7. The van der Waals surface area contributed by atoms with Gasteiger partial charge in [-0.3, -0.25) is 14.9 Å². The van der Waals surface area contributed by atoms with E-state index in [9.17, 15) is 23.3 Å². The molecule has 23 heavy (non-hydrogen) atoms. The summed E-state index contributed by atoms with van der Waals surface area (Å²) in [4.78, 5) is 21.6. The van der Waals surface area contributed by atoms with Crippen molar-refractivity contribution in [3.05, 3.63) is 34.4 Å². The standard InChI is InChI=1S/C14H19N3O5S/c18-14(16-11-3-1-2-4-11)9-10-15-23(21,22)13-7-5-12(6-8-13)17(19)20/h5-8,11,15H,1-4,9-10H2,(H,16,18). The highest BCUT2D eigenvalue weighted by Crippen LogP contribution is 2.18. The molecule has 0 atom stereocenters. The van der Waals surface area contributed by atoms with Crippen LogP contribution < -0.4 is 10.0 Å². The number of carbonyl (C=O) groups is 1. The molecule has 0 unspecified atom stereocenters. The van der Waals surface area contributed by atoms with Crippen molar-refractivity contribution in [2.24, 2.45) is 0 Å². The molecule has 0 bridgehead atoms. The van der Waals surface area contributed by atoms with Gasteiger partial charge in [-0.25, -0.2) is 13.1 Å². The van der Waals surface area contributed by atoms with Gasteiger partial charge < -0.3 is 5.32 Å². The zero-order valence-corrected chi connectivity index (χ0v) is 13.3. The first-order valence-corrected chi connectivity index (χ1v) is 8.90. The summed E-state index contributed by atoms with van der Waals surface area (Å²) in [5, 5.41) is 13.4. The summed E-state index contributed by atoms with van der Waals surface area (Å²) >= 11 is 0. The van der Waals surface area contributed by atoms with Crippen molar-refractivity contribution in [2.75, 3.05) is 6.54 Å². The lowest BCUT2D eigenvalue weighted by Crippen LogP contribution is -2.35. The number of nitrogens with zero attached hydrogens (tertiary/aromatic N) is 1. The third-order valence-corrected chi connectivity index (χ3v) is 5.20. The second-order valence-corrected chi connectivity index (χ2v) is 7.21. The SMILES string of the molecule is O=C(CCNS(=O)(=O)c1ccc([N+](=O)[O-])cc1)NC1CCCC1. The molecule has 0 aromatic heterocycles. The van der Waals surface area contributed by atoms with Crippen LogP contribution in [-0.2, 0) is 14.8 Å². The van der Waals surface area contributed by atoms with Crippen LogP contribution in [0.25, 0.3) is 0 Å². The van der Waals surface area contributed by atoms with Gasteiger partial charge in [-0.05, 0) is 25.0 Å². The van der Waals surface area contributed by atoms with Crippen molar-refractivity contribution < 1.29 is 18.1 Å². The number of carbonyl (C=O) groups excluding carboxylic acids is 1. The lowest BCUT2D eigenvalue weighted by atomic mass is 10.2. The highest BCUT2D eigenvalue weighted by molar-refractivity contribution is 7.89. The first kappa shape index (κ1) is 17.4. The number of nitrogens with one attached hydrogen (secondary N) is 2. The van der Waals surface area contributed by atoms with Gasteiger partial charge >= 0.3 is 0 Å². The average molecular weight is 341 g/mol. The average Bonchev–Trinajstić information content (AvgIpc) is 3.00. The highest BCUT2D eigenvalue weighted by atomic mass is 32.2. The van der Waals surface area contributed by atoms with E-state index in [1.165, 1.54) is 12.1 Å². The van der Waals surface area contributed by atoms with Gasteiger partial charge in [0.15, 0.2) is 0 Å². The third-order valence-electron chi connectivity index (χ3n) is 3.72. The number of hydrogen-bond donors (Lipinski definition) is 2. The summed E-state index contributed by atoms with van der Waals surface area (Å²) in [6.07, 6.45) is 4.22. The van der Waals surface area contributed by atoms with E-state index in [0.717, 1.165) is 37.8 Å². The van der Waals surface area contributed by atoms with Gasteiger partial charge in [-0.2, -0.15) is 0 Å². The molecule has 2 N–H and O–H groups in total. The molecule has 0 saturated heterocycles. The summed E-state index contributed by atoms with van der Waals surface area (Å²) in [6.45, 7) is -0.0160. The molecule has 1 aromatic carbocycles. The monoisotopic (exact) mass is 341 g/mol. The number of nitro benzene ring substituents is 1. The Hall–Kier alpha value is -2.00. The fraction of sp³-hybridized carbons (Fsp3) is 0.500. The van der Waals surface area contributed by atoms with E-state index >= 15 is 0 Å². The van der Waals surface area contributed by atoms with Gasteiger partial charge in [0.2, 0.25) is 15.9 Å². The molecule has 1 aromatic rings. The van der Waals surface area contributed by atoms with Gasteiger partial charge in [0.05, 0.1) is 9.82 Å². The van der Waals surface area contributed by atoms with Crippen LogP contribution in [0.1, 0.15) is 32.1 Å². The van der Waals surface area contributed by atoms with Crippen LogP contribution in [0.4, 0.5) is 5.69 Å². The third kappa shape index (κ3) is 5.00. The summed E-state index contributed by atoms with van der Waals surface area (Å²) < 4.78 is 26.4. The smallest absolute Gasteiger partial charge is 0.269 e. The summed E-state index contributed by atoms with van der Waals surface area (Å²) in [7, 11) is -3.78. The minimum absolute atomic E-state index is 0.0160. The topological polar surface area (TPSA) is 118 Å². The van der Waals surface area contributed by atoms with E-state index in [0.29, 0.717) is 0 Å². The van der Waals surface area contributed by atoms with Crippen molar-refractivity contribution >= 4 is 21.6 Å². The lowest BCUT2D eigenvalue weighted by molar-refractivity contribution is -0.384. The molecule has 1 amide bonds. The molecule has 8 nitrogen and oxygen atoms in total. The van der Waals surface area contributed by atoms with Gasteiger partial charge in [0.25, 0.3) is 5.69 Å². The molecule has 0 spiro atoms. The Labute approximate surface area is 134 Å². The van der Waals surface area contributed by atoms with Crippen molar-refractivity contribution in [3.8, 4) is 0 Å². The largest absolute Gasteiger partial charge is 0.353 e. The minimum Gasteiger partial charge on any atom is -0.353 e. The van der Waals surface area contributed by atoms with E-state index < -0.39 is 14.9 Å². The Morgan fingerprint density at radius 2 is 1.83 bits per heavy atom. The van der Waals surface area contributed by atoms with Crippen LogP contribution in [0.3, 0.4) is 0 Å². The molecular formula is C14H19N3O5S. The maximum absolute atomic E-state index is 12.0. The first-order valence-electron chi connectivity index (χ1n) is 7.42. The predicted octanol–water partition coefficient (Wildman–Crippen LogP) is 1.32. The van der Waals surface area contributed by atoms with Crippen molar-refractivity contribution in [2.45, 2.75) is 43.0 Å². The summed E-state index contributed by atoms with van der Waals surface area (Å²) in [6, 6.07) is 4.79. The van der Waals surface area contributed by atoms with Gasteiger partial charge in [-0.1, -0.05) is 12.8 Å². The van der Waals surface area contributed by atoms with Gasteiger partial charge in [0.1, 0.15) is 0 Å². The number of sulfonamides is 1. The maximum Gasteiger partial charge on any atom is 0.269 e. The molecular weight excluding hydrogens is 322 g/mol. The fourth-order valence-corrected chi connectivity index (χ4v) is 3.53. The lowest BCUT2D eigenvalue weighted by Gasteiger charge is -2.12. The molecule has 0 radical (unpaired) electrons. The minimum atomic E-state index is -3.78. The predicted molar refractivity (Wildman–Crippen MR) is 83.3 cm³/mol. The molecule has 126 valence electrons. The van der Waals surface area contributed by atoms with E-state index in [1.54, 1.807) is 0 Å². The second kappa shape index (κ2) is 7.51. The molecule has 2 rings (SSSR count). The quantitative estimate of drug-likeness (QED) is 0.573. The Balaban J connectivity index is 1.83. The van der Waals surface area contributed by atoms with Crippen molar-refractivity contribution in [1.29, 1.82) is 0 Å². The molecule has 1 saturated carbocycles.